The highest BCUT2D eigenvalue weighted by Crippen LogP contribution is 2.26. The second-order valence-corrected chi connectivity index (χ2v) is 7.83. The minimum absolute atomic E-state index is 0.134. The Balaban J connectivity index is 1.39. The Labute approximate surface area is 177 Å². The molecule has 1 amide bonds. The van der Waals surface area contributed by atoms with Gasteiger partial charge in [0.1, 0.15) is 5.82 Å². The van der Waals surface area contributed by atoms with Gasteiger partial charge >= 0.3 is 0 Å². The van der Waals surface area contributed by atoms with Crippen molar-refractivity contribution >= 4 is 5.91 Å². The molecule has 4 rings (SSSR count). The van der Waals surface area contributed by atoms with Crippen LogP contribution in [-0.2, 0) is 13.1 Å². The van der Waals surface area contributed by atoms with E-state index in [1.165, 1.54) is 5.56 Å². The molecule has 1 aliphatic rings. The molecule has 0 spiro atoms. The van der Waals surface area contributed by atoms with Crippen molar-refractivity contribution in [3.05, 3.63) is 89.3 Å². The maximum absolute atomic E-state index is 12.6. The summed E-state index contributed by atoms with van der Waals surface area (Å²) in [5, 5.41) is 2.96. The van der Waals surface area contributed by atoms with Crippen LogP contribution >= 0.6 is 0 Å². The van der Waals surface area contributed by atoms with Crippen molar-refractivity contribution in [3.8, 4) is 0 Å². The molecule has 0 aliphatic carbocycles. The van der Waals surface area contributed by atoms with Gasteiger partial charge in [-0.3, -0.25) is 14.7 Å². The van der Waals surface area contributed by atoms with Gasteiger partial charge in [-0.1, -0.05) is 36.4 Å². The smallest absolute Gasteiger partial charge is 0.254 e. The fourth-order valence-electron chi connectivity index (χ4n) is 3.94. The Morgan fingerprint density at radius 2 is 1.97 bits per heavy atom. The van der Waals surface area contributed by atoms with Crippen molar-refractivity contribution < 1.29 is 4.79 Å². The van der Waals surface area contributed by atoms with Gasteiger partial charge in [0.05, 0.1) is 11.3 Å². The number of likely N-dealkylation sites (tertiary alicyclic amines) is 1. The highest BCUT2D eigenvalue weighted by Gasteiger charge is 2.24. The lowest BCUT2D eigenvalue weighted by Crippen LogP contribution is -2.34. The number of rotatable bonds is 6. The number of nitrogens with zero attached hydrogens (tertiary/aromatic N) is 4. The van der Waals surface area contributed by atoms with Crippen molar-refractivity contribution in [2.75, 3.05) is 13.1 Å². The number of nitrogens with one attached hydrogen (secondary N) is 1. The predicted molar refractivity (Wildman–Crippen MR) is 116 cm³/mol. The predicted octanol–water partition coefficient (Wildman–Crippen LogP) is 3.49. The average Bonchev–Trinajstić information content (AvgIpc) is 2.79. The molecule has 1 saturated heterocycles. The van der Waals surface area contributed by atoms with Crippen LogP contribution in [0.25, 0.3) is 0 Å². The first-order valence-electron chi connectivity index (χ1n) is 10.5. The minimum Gasteiger partial charge on any atom is -0.348 e. The van der Waals surface area contributed by atoms with Gasteiger partial charge in [-0.25, -0.2) is 9.97 Å². The largest absolute Gasteiger partial charge is 0.348 e. The highest BCUT2D eigenvalue weighted by molar-refractivity contribution is 5.94. The number of aromatic nitrogens is 3. The van der Waals surface area contributed by atoms with Crippen LogP contribution in [0.15, 0.2) is 61.1 Å². The summed E-state index contributed by atoms with van der Waals surface area (Å²) in [6.45, 7) is 5.27. The minimum atomic E-state index is -0.134. The molecular weight excluding hydrogens is 374 g/mol. The second-order valence-electron chi connectivity index (χ2n) is 7.83. The Kier molecular flexibility index (Phi) is 6.44. The van der Waals surface area contributed by atoms with Crippen molar-refractivity contribution in [2.24, 2.45) is 0 Å². The number of hydrogen-bond donors (Lipinski definition) is 1. The lowest BCUT2D eigenvalue weighted by atomic mass is 9.96. The summed E-state index contributed by atoms with van der Waals surface area (Å²) in [5.41, 5.74) is 3.56. The van der Waals surface area contributed by atoms with E-state index in [2.05, 4.69) is 26.3 Å². The number of amides is 1. The molecule has 3 heterocycles. The lowest BCUT2D eigenvalue weighted by Gasteiger charge is -2.32. The molecule has 3 aromatic rings. The molecule has 1 N–H and O–H groups in total. The van der Waals surface area contributed by atoms with Crippen molar-refractivity contribution in [3.63, 3.8) is 0 Å². The number of aryl methyl sites for hydroxylation is 1. The quantitative estimate of drug-likeness (QED) is 0.685. The van der Waals surface area contributed by atoms with E-state index in [1.807, 2.05) is 49.5 Å². The Hall–Kier alpha value is -3.12. The molecule has 30 heavy (non-hydrogen) atoms. The average molecular weight is 402 g/mol. The molecule has 1 fully saturated rings. The molecular formula is C24H27N5O. The Bertz CT molecular complexity index is 977. The van der Waals surface area contributed by atoms with E-state index >= 15 is 0 Å². The molecule has 2 aromatic heterocycles. The van der Waals surface area contributed by atoms with Crippen LogP contribution < -0.4 is 5.32 Å². The number of benzene rings is 1. The van der Waals surface area contributed by atoms with Crippen LogP contribution in [0.3, 0.4) is 0 Å². The standard InChI is InChI=1S/C24H27N5O/c1-18-22(24(30)27-14-19-7-3-2-4-8-19)15-26-23(28-18)21-10-6-12-29(17-21)16-20-9-5-11-25-13-20/h2-5,7-9,11,13,15,21H,6,10,12,14,16-17H2,1H3,(H,27,30). The third-order valence-electron chi connectivity index (χ3n) is 5.54. The molecule has 1 unspecified atom stereocenters. The summed E-state index contributed by atoms with van der Waals surface area (Å²) >= 11 is 0. The summed E-state index contributed by atoms with van der Waals surface area (Å²) in [5.74, 6) is 0.989. The van der Waals surface area contributed by atoms with Gasteiger partial charge in [0.25, 0.3) is 5.91 Å². The third-order valence-corrected chi connectivity index (χ3v) is 5.54. The second kappa shape index (κ2) is 9.59. The fourth-order valence-corrected chi connectivity index (χ4v) is 3.94. The summed E-state index contributed by atoms with van der Waals surface area (Å²) in [6, 6.07) is 14.0. The molecule has 6 heteroatoms. The number of pyridine rings is 1. The molecule has 1 aliphatic heterocycles. The summed E-state index contributed by atoms with van der Waals surface area (Å²) in [4.78, 5) is 28.5. The van der Waals surface area contributed by atoms with Gasteiger partial charge in [0, 0.05) is 44.1 Å². The Morgan fingerprint density at radius 1 is 1.13 bits per heavy atom. The molecule has 6 nitrogen and oxygen atoms in total. The zero-order valence-corrected chi connectivity index (χ0v) is 17.3. The van der Waals surface area contributed by atoms with Crippen LogP contribution in [0.4, 0.5) is 0 Å². The van der Waals surface area contributed by atoms with Crippen molar-refractivity contribution in [2.45, 2.75) is 38.8 Å². The highest BCUT2D eigenvalue weighted by atomic mass is 16.1. The van der Waals surface area contributed by atoms with Crippen molar-refractivity contribution in [1.29, 1.82) is 0 Å². The number of carbonyl (C=O) groups is 1. The first-order chi connectivity index (χ1) is 14.7. The number of carbonyl (C=O) groups excluding carboxylic acids is 1. The van der Waals surface area contributed by atoms with E-state index in [1.54, 1.807) is 12.4 Å². The summed E-state index contributed by atoms with van der Waals surface area (Å²) < 4.78 is 0. The maximum atomic E-state index is 12.6. The van der Waals surface area contributed by atoms with E-state index in [-0.39, 0.29) is 11.8 Å². The van der Waals surface area contributed by atoms with E-state index in [0.717, 1.165) is 49.6 Å². The molecule has 0 saturated carbocycles. The molecule has 0 radical (unpaired) electrons. The summed E-state index contributed by atoms with van der Waals surface area (Å²) in [6.07, 6.45) is 7.59. The van der Waals surface area contributed by atoms with Crippen LogP contribution in [0, 0.1) is 6.92 Å². The zero-order valence-electron chi connectivity index (χ0n) is 17.3. The van der Waals surface area contributed by atoms with Gasteiger partial charge in [-0.15, -0.1) is 0 Å². The SMILES string of the molecule is Cc1nc(C2CCCN(Cc3cccnc3)C2)ncc1C(=O)NCc1ccccc1. The fraction of sp³-hybridized carbons (Fsp3) is 0.333. The van der Waals surface area contributed by atoms with Gasteiger partial charge in [0.15, 0.2) is 0 Å². The number of hydrogen-bond acceptors (Lipinski definition) is 5. The van der Waals surface area contributed by atoms with Crippen LogP contribution in [0.1, 0.15) is 51.8 Å². The maximum Gasteiger partial charge on any atom is 0.254 e. The molecule has 154 valence electrons. The first kappa shape index (κ1) is 20.2. The Morgan fingerprint density at radius 3 is 2.73 bits per heavy atom. The molecule has 1 atom stereocenters. The van der Waals surface area contributed by atoms with E-state index < -0.39 is 0 Å². The zero-order chi connectivity index (χ0) is 20.8. The normalized spacial score (nSPS) is 16.9. The van der Waals surface area contributed by atoms with Gasteiger partial charge < -0.3 is 5.32 Å². The summed E-state index contributed by atoms with van der Waals surface area (Å²) in [7, 11) is 0. The van der Waals surface area contributed by atoms with Crippen molar-refractivity contribution in [1.82, 2.24) is 25.2 Å². The van der Waals surface area contributed by atoms with Gasteiger partial charge in [-0.05, 0) is 43.5 Å². The van der Waals surface area contributed by atoms with Crippen LogP contribution in [0.5, 0.6) is 0 Å². The monoisotopic (exact) mass is 401 g/mol. The van der Waals surface area contributed by atoms with Crippen LogP contribution in [0.2, 0.25) is 0 Å². The van der Waals surface area contributed by atoms with Gasteiger partial charge in [0.2, 0.25) is 0 Å². The van der Waals surface area contributed by atoms with E-state index in [9.17, 15) is 4.79 Å². The third kappa shape index (κ3) is 5.07. The topological polar surface area (TPSA) is 71.0 Å². The van der Waals surface area contributed by atoms with E-state index in [0.29, 0.717) is 12.1 Å². The van der Waals surface area contributed by atoms with Gasteiger partial charge in [-0.2, -0.15) is 0 Å². The number of piperidine rings is 1. The first-order valence-corrected chi connectivity index (χ1v) is 10.5. The van der Waals surface area contributed by atoms with E-state index in [4.69, 9.17) is 4.98 Å². The lowest BCUT2D eigenvalue weighted by molar-refractivity contribution is 0.0949. The molecule has 1 aromatic carbocycles. The molecule has 0 bridgehead atoms. The van der Waals surface area contributed by atoms with Crippen LogP contribution in [-0.4, -0.2) is 38.8 Å².